The van der Waals surface area contributed by atoms with Crippen LogP contribution in [0.5, 0.6) is 5.75 Å². The standard InChI is InChI=1S/C24H18OS/c1-25-21-4-2-3-17(14-21)18-6-5-16-7-9-22(23(16)15-18)19-8-10-24-20(13-19)11-12-26-24/h2-15,23H,1H3. The first-order chi connectivity index (χ1) is 12.8. The summed E-state index contributed by atoms with van der Waals surface area (Å²) < 4.78 is 6.73. The molecule has 5 rings (SSSR count). The minimum absolute atomic E-state index is 0.317. The topological polar surface area (TPSA) is 9.23 Å². The van der Waals surface area contributed by atoms with Crippen molar-refractivity contribution in [3.63, 3.8) is 0 Å². The van der Waals surface area contributed by atoms with E-state index in [4.69, 9.17) is 4.74 Å². The monoisotopic (exact) mass is 354 g/mol. The molecule has 0 bridgehead atoms. The Morgan fingerprint density at radius 1 is 0.923 bits per heavy atom. The highest BCUT2D eigenvalue weighted by molar-refractivity contribution is 7.17. The van der Waals surface area contributed by atoms with Crippen molar-refractivity contribution in [2.24, 2.45) is 5.92 Å². The second-order valence-electron chi connectivity index (χ2n) is 6.63. The number of hydrogen-bond donors (Lipinski definition) is 0. The number of methoxy groups -OCH3 is 1. The second-order valence-corrected chi connectivity index (χ2v) is 7.57. The van der Waals surface area contributed by atoms with Gasteiger partial charge in [0.1, 0.15) is 5.75 Å². The molecule has 126 valence electrons. The molecule has 0 fully saturated rings. The van der Waals surface area contributed by atoms with E-state index in [0.717, 1.165) is 5.75 Å². The zero-order chi connectivity index (χ0) is 17.5. The molecule has 1 aromatic heterocycles. The summed E-state index contributed by atoms with van der Waals surface area (Å²) in [5, 5.41) is 3.48. The summed E-state index contributed by atoms with van der Waals surface area (Å²) in [6.07, 6.45) is 11.3. The van der Waals surface area contributed by atoms with Crippen LogP contribution in [0, 0.1) is 5.92 Å². The highest BCUT2D eigenvalue weighted by Gasteiger charge is 2.24. The third-order valence-electron chi connectivity index (χ3n) is 5.14. The number of hydrogen-bond acceptors (Lipinski definition) is 2. The highest BCUT2D eigenvalue weighted by atomic mass is 32.1. The van der Waals surface area contributed by atoms with Crippen molar-refractivity contribution in [2.75, 3.05) is 7.11 Å². The number of ether oxygens (including phenoxy) is 1. The van der Waals surface area contributed by atoms with Gasteiger partial charge in [0.05, 0.1) is 7.11 Å². The minimum atomic E-state index is 0.317. The minimum Gasteiger partial charge on any atom is -0.497 e. The molecule has 0 amide bonds. The number of fused-ring (bicyclic) bond motifs is 2. The summed E-state index contributed by atoms with van der Waals surface area (Å²) >= 11 is 1.80. The largest absolute Gasteiger partial charge is 0.497 e. The van der Waals surface area contributed by atoms with E-state index < -0.39 is 0 Å². The van der Waals surface area contributed by atoms with Crippen molar-refractivity contribution >= 4 is 32.6 Å². The summed E-state index contributed by atoms with van der Waals surface area (Å²) in [5.41, 5.74) is 6.48. The first-order valence-electron chi connectivity index (χ1n) is 8.75. The molecule has 0 radical (unpaired) electrons. The predicted molar refractivity (Wildman–Crippen MR) is 111 cm³/mol. The molecular weight excluding hydrogens is 336 g/mol. The van der Waals surface area contributed by atoms with Crippen LogP contribution in [0.4, 0.5) is 0 Å². The van der Waals surface area contributed by atoms with Crippen molar-refractivity contribution in [1.29, 1.82) is 0 Å². The van der Waals surface area contributed by atoms with Crippen molar-refractivity contribution in [3.8, 4) is 5.75 Å². The number of benzene rings is 2. The molecule has 2 heteroatoms. The average Bonchev–Trinajstić information content (AvgIpc) is 3.33. The zero-order valence-corrected chi connectivity index (χ0v) is 15.3. The van der Waals surface area contributed by atoms with Gasteiger partial charge in [-0.25, -0.2) is 0 Å². The summed E-state index contributed by atoms with van der Waals surface area (Å²) in [4.78, 5) is 0. The fourth-order valence-electron chi connectivity index (χ4n) is 3.76. The number of thiophene rings is 1. The molecule has 0 saturated heterocycles. The quantitative estimate of drug-likeness (QED) is 0.521. The third-order valence-corrected chi connectivity index (χ3v) is 6.04. The molecule has 0 aliphatic heterocycles. The number of allylic oxidation sites excluding steroid dienone is 8. The molecule has 2 aromatic carbocycles. The Kier molecular flexibility index (Phi) is 3.65. The number of rotatable bonds is 3. The van der Waals surface area contributed by atoms with E-state index in [2.05, 4.69) is 72.2 Å². The second kappa shape index (κ2) is 6.15. The molecule has 2 aliphatic carbocycles. The van der Waals surface area contributed by atoms with Crippen LogP contribution in [0.1, 0.15) is 11.1 Å². The summed E-state index contributed by atoms with van der Waals surface area (Å²) in [7, 11) is 1.71. The van der Waals surface area contributed by atoms with Gasteiger partial charge in [0.25, 0.3) is 0 Å². The van der Waals surface area contributed by atoms with E-state index in [1.54, 1.807) is 18.4 Å². The first-order valence-corrected chi connectivity index (χ1v) is 9.63. The lowest BCUT2D eigenvalue weighted by Gasteiger charge is -2.20. The van der Waals surface area contributed by atoms with E-state index >= 15 is 0 Å². The summed E-state index contributed by atoms with van der Waals surface area (Å²) in [6.45, 7) is 0. The highest BCUT2D eigenvalue weighted by Crippen LogP contribution is 2.42. The molecule has 0 spiro atoms. The van der Waals surface area contributed by atoms with Crippen LogP contribution in [-0.4, -0.2) is 7.11 Å². The SMILES string of the molecule is COc1cccc(C2=CC3C(=CC=C3c3ccc4sccc4c3)C=C2)c1. The van der Waals surface area contributed by atoms with Crippen LogP contribution >= 0.6 is 11.3 Å². The van der Waals surface area contributed by atoms with Crippen LogP contribution in [-0.2, 0) is 0 Å². The van der Waals surface area contributed by atoms with Gasteiger partial charge in [-0.05, 0) is 68.9 Å². The Morgan fingerprint density at radius 3 is 2.81 bits per heavy atom. The summed E-state index contributed by atoms with van der Waals surface area (Å²) in [6, 6.07) is 17.3. The van der Waals surface area contributed by atoms with Gasteiger partial charge in [-0.1, -0.05) is 48.6 Å². The van der Waals surface area contributed by atoms with Gasteiger partial charge in [0, 0.05) is 10.6 Å². The van der Waals surface area contributed by atoms with E-state index in [0.29, 0.717) is 5.92 Å². The van der Waals surface area contributed by atoms with Gasteiger partial charge in [0.2, 0.25) is 0 Å². The Bertz CT molecular complexity index is 1120. The zero-order valence-electron chi connectivity index (χ0n) is 14.5. The maximum absolute atomic E-state index is 5.38. The molecule has 3 aromatic rings. The van der Waals surface area contributed by atoms with Crippen LogP contribution in [0.25, 0.3) is 21.2 Å². The Balaban J connectivity index is 1.53. The lowest BCUT2D eigenvalue weighted by molar-refractivity contribution is 0.414. The van der Waals surface area contributed by atoms with E-state index in [-0.39, 0.29) is 0 Å². The molecule has 0 saturated carbocycles. The molecule has 0 N–H and O–H groups in total. The van der Waals surface area contributed by atoms with Gasteiger partial charge in [-0.3, -0.25) is 0 Å². The molecule has 1 unspecified atom stereocenters. The van der Waals surface area contributed by atoms with Gasteiger partial charge < -0.3 is 4.74 Å². The smallest absolute Gasteiger partial charge is 0.119 e. The van der Waals surface area contributed by atoms with Gasteiger partial charge in [-0.15, -0.1) is 11.3 Å². The molecule has 1 heterocycles. The van der Waals surface area contributed by atoms with Crippen LogP contribution in [0.3, 0.4) is 0 Å². The average molecular weight is 354 g/mol. The van der Waals surface area contributed by atoms with Crippen LogP contribution < -0.4 is 4.74 Å². The lowest BCUT2D eigenvalue weighted by Crippen LogP contribution is -2.04. The molecule has 26 heavy (non-hydrogen) atoms. The van der Waals surface area contributed by atoms with Crippen molar-refractivity contribution in [2.45, 2.75) is 0 Å². The first kappa shape index (κ1) is 15.4. The van der Waals surface area contributed by atoms with E-state index in [9.17, 15) is 0 Å². The molecular formula is C24H18OS. The van der Waals surface area contributed by atoms with Gasteiger partial charge in [0.15, 0.2) is 0 Å². The van der Waals surface area contributed by atoms with Crippen molar-refractivity contribution < 1.29 is 4.74 Å². The van der Waals surface area contributed by atoms with E-state index in [1.807, 2.05) is 12.1 Å². The Morgan fingerprint density at radius 2 is 1.88 bits per heavy atom. The lowest BCUT2D eigenvalue weighted by atomic mass is 9.84. The van der Waals surface area contributed by atoms with Crippen LogP contribution in [0.2, 0.25) is 0 Å². The van der Waals surface area contributed by atoms with Crippen molar-refractivity contribution in [1.82, 2.24) is 0 Å². The maximum Gasteiger partial charge on any atom is 0.119 e. The molecule has 1 atom stereocenters. The van der Waals surface area contributed by atoms with Gasteiger partial charge >= 0.3 is 0 Å². The fourth-order valence-corrected chi connectivity index (χ4v) is 4.53. The van der Waals surface area contributed by atoms with Gasteiger partial charge in [-0.2, -0.15) is 0 Å². The molecule has 2 aliphatic rings. The van der Waals surface area contributed by atoms with Crippen molar-refractivity contribution in [3.05, 3.63) is 101 Å². The van der Waals surface area contributed by atoms with E-state index in [1.165, 1.54) is 37.9 Å². The Hall–Kier alpha value is -2.84. The third kappa shape index (κ3) is 2.54. The van der Waals surface area contributed by atoms with Crippen LogP contribution in [0.15, 0.2) is 89.9 Å². The fraction of sp³-hybridized carbons (Fsp3) is 0.0833. The molecule has 1 nitrogen and oxygen atoms in total. The maximum atomic E-state index is 5.38. The normalized spacial score (nSPS) is 18.3. The summed E-state index contributed by atoms with van der Waals surface area (Å²) in [5.74, 6) is 1.21. The Labute approximate surface area is 157 Å². The predicted octanol–water partition coefficient (Wildman–Crippen LogP) is 6.50.